The minimum absolute atomic E-state index is 0.136. The van der Waals surface area contributed by atoms with Crippen molar-refractivity contribution in [1.29, 1.82) is 0 Å². The summed E-state index contributed by atoms with van der Waals surface area (Å²) in [7, 11) is 0. The van der Waals surface area contributed by atoms with Crippen LogP contribution in [0.2, 0.25) is 0 Å². The van der Waals surface area contributed by atoms with E-state index in [1.165, 1.54) is 6.21 Å². The second kappa shape index (κ2) is 6.87. The van der Waals surface area contributed by atoms with Crippen LogP contribution < -0.4 is 5.43 Å². The van der Waals surface area contributed by atoms with E-state index < -0.39 is 0 Å². The summed E-state index contributed by atoms with van der Waals surface area (Å²) in [4.78, 5) is 11.9. The number of nitrogens with zero attached hydrogens (tertiary/aromatic N) is 1. The zero-order valence-corrected chi connectivity index (χ0v) is 14.3. The molecule has 0 heterocycles. The van der Waals surface area contributed by atoms with Gasteiger partial charge in [0.1, 0.15) is 5.75 Å². The first-order valence-electron chi connectivity index (χ1n) is 6.06. The van der Waals surface area contributed by atoms with E-state index in [0.29, 0.717) is 15.6 Å². The Labute approximate surface area is 139 Å². The zero-order chi connectivity index (χ0) is 15.4. The third-order valence-corrected chi connectivity index (χ3v) is 3.93. The summed E-state index contributed by atoms with van der Waals surface area (Å²) >= 11 is 6.65. The fourth-order valence-electron chi connectivity index (χ4n) is 1.73. The molecule has 4 nitrogen and oxygen atoms in total. The monoisotopic (exact) mass is 410 g/mol. The first-order valence-corrected chi connectivity index (χ1v) is 7.64. The molecule has 0 unspecified atom stereocenters. The van der Waals surface area contributed by atoms with Crippen molar-refractivity contribution in [3.05, 3.63) is 62.0 Å². The summed E-state index contributed by atoms with van der Waals surface area (Å²) in [6.45, 7) is 1.79. The summed E-state index contributed by atoms with van der Waals surface area (Å²) in [6.07, 6.45) is 1.40. The van der Waals surface area contributed by atoms with Crippen LogP contribution in [-0.4, -0.2) is 17.2 Å². The fourth-order valence-corrected chi connectivity index (χ4v) is 2.78. The smallest absolute Gasteiger partial charge is 0.272 e. The van der Waals surface area contributed by atoms with E-state index in [4.69, 9.17) is 0 Å². The molecule has 2 N–H and O–H groups in total. The van der Waals surface area contributed by atoms with Gasteiger partial charge in [0.05, 0.1) is 11.8 Å². The van der Waals surface area contributed by atoms with Gasteiger partial charge in [-0.25, -0.2) is 5.43 Å². The number of nitrogens with one attached hydrogen (secondary N) is 1. The Morgan fingerprint density at radius 2 is 2.00 bits per heavy atom. The molecule has 2 rings (SSSR count). The number of carbonyl (C=O) groups excluding carboxylic acids is 1. The van der Waals surface area contributed by atoms with Crippen molar-refractivity contribution in [3.8, 4) is 5.75 Å². The Hall–Kier alpha value is -1.66. The van der Waals surface area contributed by atoms with E-state index in [-0.39, 0.29) is 11.7 Å². The lowest BCUT2D eigenvalue weighted by molar-refractivity contribution is 0.0954. The molecule has 0 aliphatic carbocycles. The highest BCUT2D eigenvalue weighted by molar-refractivity contribution is 9.10. The molecule has 0 spiro atoms. The van der Waals surface area contributed by atoms with Crippen LogP contribution in [0.5, 0.6) is 5.75 Å². The predicted molar refractivity (Wildman–Crippen MR) is 89.7 cm³/mol. The van der Waals surface area contributed by atoms with E-state index >= 15 is 0 Å². The quantitative estimate of drug-likeness (QED) is 0.592. The lowest BCUT2D eigenvalue weighted by Gasteiger charge is -2.05. The van der Waals surface area contributed by atoms with Crippen molar-refractivity contribution in [2.45, 2.75) is 6.92 Å². The van der Waals surface area contributed by atoms with Crippen molar-refractivity contribution in [1.82, 2.24) is 5.43 Å². The molecule has 6 heteroatoms. The molecule has 0 saturated carbocycles. The number of hydrazone groups is 1. The van der Waals surface area contributed by atoms with Crippen molar-refractivity contribution in [3.63, 3.8) is 0 Å². The molecule has 1 amide bonds. The molecule has 108 valence electrons. The number of hydrogen-bond acceptors (Lipinski definition) is 3. The second-order valence-electron chi connectivity index (χ2n) is 4.34. The van der Waals surface area contributed by atoms with E-state index in [9.17, 15) is 9.90 Å². The van der Waals surface area contributed by atoms with Crippen LogP contribution in [0.1, 0.15) is 21.5 Å². The summed E-state index contributed by atoms with van der Waals surface area (Å²) in [5.41, 5.74) is 4.17. The topological polar surface area (TPSA) is 61.7 Å². The molecule has 0 fully saturated rings. The van der Waals surface area contributed by atoms with Crippen LogP contribution in [0, 0.1) is 6.92 Å². The fraction of sp³-hybridized carbons (Fsp3) is 0.0667. The molecule has 0 aromatic heterocycles. The van der Waals surface area contributed by atoms with Gasteiger partial charge in [0, 0.05) is 14.5 Å². The number of amides is 1. The number of hydrogen-bond donors (Lipinski definition) is 2. The molecule has 0 radical (unpaired) electrons. The highest BCUT2D eigenvalue weighted by atomic mass is 79.9. The second-order valence-corrected chi connectivity index (χ2v) is 6.11. The van der Waals surface area contributed by atoms with Crippen LogP contribution in [0.4, 0.5) is 0 Å². The summed E-state index contributed by atoms with van der Waals surface area (Å²) in [5.74, 6) is -0.193. The Morgan fingerprint density at radius 3 is 2.71 bits per heavy atom. The molecule has 0 bridgehead atoms. The minimum atomic E-state index is -0.329. The third-order valence-electron chi connectivity index (χ3n) is 2.78. The number of benzene rings is 2. The van der Waals surface area contributed by atoms with Crippen LogP contribution in [-0.2, 0) is 0 Å². The number of halogens is 2. The number of carbonyl (C=O) groups is 1. The minimum Gasteiger partial charge on any atom is -0.507 e. The lowest BCUT2D eigenvalue weighted by atomic mass is 10.1. The highest BCUT2D eigenvalue weighted by Gasteiger charge is 2.08. The van der Waals surface area contributed by atoms with E-state index in [2.05, 4.69) is 42.4 Å². The Bertz CT molecular complexity index is 715. The van der Waals surface area contributed by atoms with Crippen molar-refractivity contribution in [2.24, 2.45) is 5.10 Å². The van der Waals surface area contributed by atoms with Crippen LogP contribution >= 0.6 is 31.9 Å². The maximum atomic E-state index is 11.9. The first-order chi connectivity index (χ1) is 9.99. The van der Waals surface area contributed by atoms with Gasteiger partial charge in [-0.1, -0.05) is 28.1 Å². The van der Waals surface area contributed by atoms with Gasteiger partial charge < -0.3 is 5.11 Å². The Morgan fingerprint density at radius 1 is 1.29 bits per heavy atom. The largest absolute Gasteiger partial charge is 0.507 e. The van der Waals surface area contributed by atoms with Gasteiger partial charge >= 0.3 is 0 Å². The summed E-state index contributed by atoms with van der Waals surface area (Å²) < 4.78 is 1.52. The Balaban J connectivity index is 2.13. The summed E-state index contributed by atoms with van der Waals surface area (Å²) in [5, 5.41) is 13.8. The number of rotatable bonds is 3. The normalized spacial score (nSPS) is 10.8. The third kappa shape index (κ3) is 3.92. The van der Waals surface area contributed by atoms with Crippen molar-refractivity contribution < 1.29 is 9.90 Å². The maximum absolute atomic E-state index is 11.9. The van der Waals surface area contributed by atoms with Gasteiger partial charge in [0.2, 0.25) is 0 Å². The molecule has 0 aliphatic rings. The molecule has 2 aromatic rings. The molecule has 2 aromatic carbocycles. The predicted octanol–water partition coefficient (Wildman–Crippen LogP) is 3.99. The Kier molecular flexibility index (Phi) is 5.14. The van der Waals surface area contributed by atoms with E-state index in [0.717, 1.165) is 10.0 Å². The molecule has 0 saturated heterocycles. The maximum Gasteiger partial charge on any atom is 0.272 e. The van der Waals surface area contributed by atoms with Gasteiger partial charge in [-0.15, -0.1) is 0 Å². The highest BCUT2D eigenvalue weighted by Crippen LogP contribution is 2.25. The number of phenols is 1. The molecule has 0 atom stereocenters. The van der Waals surface area contributed by atoms with Crippen molar-refractivity contribution >= 4 is 44.0 Å². The van der Waals surface area contributed by atoms with E-state index in [1.807, 2.05) is 6.07 Å². The van der Waals surface area contributed by atoms with Crippen LogP contribution in [0.25, 0.3) is 0 Å². The number of aromatic hydroxyl groups is 1. The number of aryl methyl sites for hydroxylation is 1. The van der Waals surface area contributed by atoms with E-state index in [1.54, 1.807) is 37.3 Å². The lowest BCUT2D eigenvalue weighted by Crippen LogP contribution is -2.18. The first kappa shape index (κ1) is 15.7. The van der Waals surface area contributed by atoms with Gasteiger partial charge in [-0.05, 0) is 52.7 Å². The molecular formula is C15H12Br2N2O2. The molecule has 21 heavy (non-hydrogen) atoms. The molecule has 0 aliphatic heterocycles. The van der Waals surface area contributed by atoms with Crippen LogP contribution in [0.15, 0.2) is 50.4 Å². The van der Waals surface area contributed by atoms with Gasteiger partial charge in [-0.2, -0.15) is 5.10 Å². The van der Waals surface area contributed by atoms with Gasteiger partial charge in [0.25, 0.3) is 5.91 Å². The zero-order valence-electron chi connectivity index (χ0n) is 11.1. The molecular weight excluding hydrogens is 400 g/mol. The van der Waals surface area contributed by atoms with Gasteiger partial charge in [-0.3, -0.25) is 4.79 Å². The van der Waals surface area contributed by atoms with Crippen molar-refractivity contribution in [2.75, 3.05) is 0 Å². The summed E-state index contributed by atoms with van der Waals surface area (Å²) in [6, 6.07) is 10.6. The SMILES string of the molecule is Cc1cc(Br)cc(/C=N/NC(=O)c2ccccc2Br)c1O. The average molecular weight is 412 g/mol. The average Bonchev–Trinajstić information content (AvgIpc) is 2.44. The number of phenolic OH excluding ortho intramolecular Hbond substituents is 1. The van der Waals surface area contributed by atoms with Crippen LogP contribution in [0.3, 0.4) is 0 Å². The van der Waals surface area contributed by atoms with Gasteiger partial charge in [0.15, 0.2) is 0 Å². The standard InChI is InChI=1S/C15H12Br2N2O2/c1-9-6-11(16)7-10(14(9)20)8-18-19-15(21)12-4-2-3-5-13(12)17/h2-8,20H,1H3,(H,19,21)/b18-8+.